The maximum atomic E-state index is 13.0. The van der Waals surface area contributed by atoms with Crippen LogP contribution in [0.5, 0.6) is 17.2 Å². The van der Waals surface area contributed by atoms with Gasteiger partial charge in [0.05, 0.1) is 19.8 Å². The van der Waals surface area contributed by atoms with Crippen LogP contribution in [0.3, 0.4) is 0 Å². The van der Waals surface area contributed by atoms with Crippen molar-refractivity contribution in [2.75, 3.05) is 27.8 Å². The fourth-order valence-electron chi connectivity index (χ4n) is 3.62. The van der Waals surface area contributed by atoms with E-state index < -0.39 is 0 Å². The first-order valence-corrected chi connectivity index (χ1v) is 9.72. The molecule has 150 valence electrons. The van der Waals surface area contributed by atoms with E-state index >= 15 is 0 Å². The lowest BCUT2D eigenvalue weighted by Crippen LogP contribution is -2.28. The summed E-state index contributed by atoms with van der Waals surface area (Å²) < 4.78 is 16.6. The van der Waals surface area contributed by atoms with Crippen LogP contribution in [-0.2, 0) is 6.42 Å². The SMILES string of the molecule is COc1ccc(CCCN(C)C(=O)c2cccc3c2O[C@H](C)[C@@H]3C)cc1OC. The molecule has 1 aliphatic rings. The van der Waals surface area contributed by atoms with Crippen molar-refractivity contribution in [1.29, 1.82) is 0 Å². The number of rotatable bonds is 7. The molecule has 5 nitrogen and oxygen atoms in total. The molecule has 2 aromatic carbocycles. The summed E-state index contributed by atoms with van der Waals surface area (Å²) >= 11 is 0. The molecule has 0 fully saturated rings. The summed E-state index contributed by atoms with van der Waals surface area (Å²) in [7, 11) is 5.11. The first-order valence-electron chi connectivity index (χ1n) is 9.72. The number of aryl methyl sites for hydroxylation is 1. The highest BCUT2D eigenvalue weighted by Gasteiger charge is 2.31. The quantitative estimate of drug-likeness (QED) is 0.715. The Morgan fingerprint density at radius 2 is 1.86 bits per heavy atom. The monoisotopic (exact) mass is 383 g/mol. The van der Waals surface area contributed by atoms with Crippen LogP contribution in [0.2, 0.25) is 0 Å². The van der Waals surface area contributed by atoms with Gasteiger partial charge in [0.15, 0.2) is 11.5 Å². The van der Waals surface area contributed by atoms with Crippen LogP contribution < -0.4 is 14.2 Å². The molecule has 0 radical (unpaired) electrons. The van der Waals surface area contributed by atoms with E-state index in [1.54, 1.807) is 19.1 Å². The number of para-hydroxylation sites is 1. The molecule has 5 heteroatoms. The molecule has 0 saturated heterocycles. The van der Waals surface area contributed by atoms with Crippen LogP contribution in [0, 0.1) is 0 Å². The summed E-state index contributed by atoms with van der Waals surface area (Å²) in [6.45, 7) is 4.85. The number of carbonyl (C=O) groups is 1. The van der Waals surface area contributed by atoms with Crippen LogP contribution in [0.25, 0.3) is 0 Å². The maximum Gasteiger partial charge on any atom is 0.257 e. The van der Waals surface area contributed by atoms with E-state index in [1.807, 2.05) is 44.3 Å². The topological polar surface area (TPSA) is 48.0 Å². The number of amides is 1. The van der Waals surface area contributed by atoms with E-state index in [2.05, 4.69) is 13.0 Å². The minimum absolute atomic E-state index is 0.00506. The Morgan fingerprint density at radius 1 is 1.11 bits per heavy atom. The van der Waals surface area contributed by atoms with Crippen LogP contribution in [0.4, 0.5) is 0 Å². The van der Waals surface area contributed by atoms with E-state index in [0.29, 0.717) is 18.0 Å². The van der Waals surface area contributed by atoms with Crippen molar-refractivity contribution >= 4 is 5.91 Å². The highest BCUT2D eigenvalue weighted by Crippen LogP contribution is 2.40. The van der Waals surface area contributed by atoms with E-state index in [-0.39, 0.29) is 12.0 Å². The van der Waals surface area contributed by atoms with Crippen molar-refractivity contribution in [3.63, 3.8) is 0 Å². The second-order valence-electron chi connectivity index (χ2n) is 7.36. The van der Waals surface area contributed by atoms with Gasteiger partial charge in [0.1, 0.15) is 11.9 Å². The van der Waals surface area contributed by atoms with Gasteiger partial charge >= 0.3 is 0 Å². The summed E-state index contributed by atoms with van der Waals surface area (Å²) in [4.78, 5) is 14.7. The van der Waals surface area contributed by atoms with Crippen LogP contribution in [0.1, 0.15) is 47.7 Å². The fraction of sp³-hybridized carbons (Fsp3) is 0.435. The first kappa shape index (κ1) is 20.1. The Labute approximate surface area is 167 Å². The Kier molecular flexibility index (Phi) is 6.12. The minimum Gasteiger partial charge on any atom is -0.493 e. The first-order chi connectivity index (χ1) is 13.5. The van der Waals surface area contributed by atoms with Gasteiger partial charge in [-0.3, -0.25) is 4.79 Å². The molecule has 0 aliphatic carbocycles. The van der Waals surface area contributed by atoms with Crippen LogP contribution >= 0.6 is 0 Å². The van der Waals surface area contributed by atoms with Crippen molar-refractivity contribution in [2.45, 2.75) is 38.7 Å². The molecule has 1 heterocycles. The van der Waals surface area contributed by atoms with E-state index in [0.717, 1.165) is 41.2 Å². The van der Waals surface area contributed by atoms with E-state index in [9.17, 15) is 4.79 Å². The molecular formula is C23H29NO4. The van der Waals surface area contributed by atoms with Crippen molar-refractivity contribution in [3.05, 3.63) is 53.1 Å². The van der Waals surface area contributed by atoms with Gasteiger partial charge in [-0.1, -0.05) is 25.1 Å². The number of hydrogen-bond donors (Lipinski definition) is 0. The normalized spacial score (nSPS) is 17.6. The summed E-state index contributed by atoms with van der Waals surface area (Å²) in [5.74, 6) is 2.51. The standard InChI is InChI=1S/C23H29NO4/c1-15-16(2)28-22-18(15)9-6-10-19(22)23(25)24(3)13-7-8-17-11-12-20(26-4)21(14-17)27-5/h6,9-12,14-16H,7-8,13H2,1-5H3/t15-,16+/m0/s1. The molecule has 28 heavy (non-hydrogen) atoms. The summed E-state index contributed by atoms with van der Waals surface area (Å²) in [6.07, 6.45) is 1.81. The molecule has 0 bridgehead atoms. The van der Waals surface area contributed by atoms with Gasteiger partial charge < -0.3 is 19.1 Å². The Balaban J connectivity index is 1.62. The Morgan fingerprint density at radius 3 is 2.57 bits per heavy atom. The number of carbonyl (C=O) groups excluding carboxylic acids is 1. The van der Waals surface area contributed by atoms with Gasteiger partial charge in [0.2, 0.25) is 0 Å². The smallest absolute Gasteiger partial charge is 0.257 e. The van der Waals surface area contributed by atoms with Gasteiger partial charge in [-0.25, -0.2) is 0 Å². The molecule has 1 amide bonds. The van der Waals surface area contributed by atoms with Gasteiger partial charge in [-0.15, -0.1) is 0 Å². The van der Waals surface area contributed by atoms with Gasteiger partial charge in [-0.05, 0) is 43.5 Å². The minimum atomic E-state index is 0.00506. The van der Waals surface area contributed by atoms with E-state index in [1.165, 1.54) is 0 Å². The molecular weight excluding hydrogens is 354 g/mol. The van der Waals surface area contributed by atoms with Gasteiger partial charge in [0.25, 0.3) is 5.91 Å². The summed E-state index contributed by atoms with van der Waals surface area (Å²) in [5.41, 5.74) is 2.93. The molecule has 0 saturated carbocycles. The van der Waals surface area contributed by atoms with Crippen LogP contribution in [-0.4, -0.2) is 44.7 Å². The summed E-state index contributed by atoms with van der Waals surface area (Å²) in [6, 6.07) is 11.8. The fourth-order valence-corrected chi connectivity index (χ4v) is 3.62. The number of ether oxygens (including phenoxy) is 3. The third-order valence-corrected chi connectivity index (χ3v) is 5.53. The molecule has 2 atom stereocenters. The Bertz CT molecular complexity index is 848. The Hall–Kier alpha value is -2.69. The van der Waals surface area contributed by atoms with Gasteiger partial charge in [0, 0.05) is 25.1 Å². The number of fused-ring (bicyclic) bond motifs is 1. The third-order valence-electron chi connectivity index (χ3n) is 5.53. The molecule has 3 rings (SSSR count). The summed E-state index contributed by atoms with van der Waals surface area (Å²) in [5, 5.41) is 0. The molecule has 2 aromatic rings. The lowest BCUT2D eigenvalue weighted by Gasteiger charge is -2.19. The van der Waals surface area contributed by atoms with Gasteiger partial charge in [-0.2, -0.15) is 0 Å². The predicted molar refractivity (Wildman–Crippen MR) is 110 cm³/mol. The highest BCUT2D eigenvalue weighted by molar-refractivity contribution is 5.97. The van der Waals surface area contributed by atoms with Crippen molar-refractivity contribution in [1.82, 2.24) is 4.90 Å². The average Bonchev–Trinajstić information content (AvgIpc) is 3.01. The number of nitrogens with zero attached hydrogens (tertiary/aromatic N) is 1. The number of benzene rings is 2. The molecule has 0 unspecified atom stereocenters. The zero-order chi connectivity index (χ0) is 20.3. The number of hydrogen-bond acceptors (Lipinski definition) is 4. The lowest BCUT2D eigenvalue weighted by atomic mass is 9.96. The molecule has 1 aliphatic heterocycles. The molecule has 0 N–H and O–H groups in total. The molecule has 0 spiro atoms. The number of methoxy groups -OCH3 is 2. The van der Waals surface area contributed by atoms with Crippen LogP contribution in [0.15, 0.2) is 36.4 Å². The third kappa shape index (κ3) is 3.93. The lowest BCUT2D eigenvalue weighted by molar-refractivity contribution is 0.0788. The van der Waals surface area contributed by atoms with Crippen molar-refractivity contribution in [3.8, 4) is 17.2 Å². The van der Waals surface area contributed by atoms with E-state index in [4.69, 9.17) is 14.2 Å². The predicted octanol–water partition coefficient (Wildman–Crippen LogP) is 4.29. The zero-order valence-corrected chi connectivity index (χ0v) is 17.3. The second-order valence-corrected chi connectivity index (χ2v) is 7.36. The zero-order valence-electron chi connectivity index (χ0n) is 17.3. The van der Waals surface area contributed by atoms with Crippen molar-refractivity contribution < 1.29 is 19.0 Å². The average molecular weight is 383 g/mol. The van der Waals surface area contributed by atoms with Crippen molar-refractivity contribution in [2.24, 2.45) is 0 Å². The largest absolute Gasteiger partial charge is 0.493 e. The molecule has 0 aromatic heterocycles. The highest BCUT2D eigenvalue weighted by atomic mass is 16.5. The second kappa shape index (κ2) is 8.55. The maximum absolute atomic E-state index is 13.0.